The summed E-state index contributed by atoms with van der Waals surface area (Å²) in [6, 6.07) is 24.8. The van der Waals surface area contributed by atoms with E-state index in [0.717, 1.165) is 64.1 Å². The molecule has 0 saturated carbocycles. The topological polar surface area (TPSA) is 77.1 Å². The van der Waals surface area contributed by atoms with Crippen molar-refractivity contribution in [2.24, 2.45) is 0 Å². The zero-order valence-corrected chi connectivity index (χ0v) is 23.1. The molecule has 5 rings (SSSR count). The molecule has 0 aliphatic carbocycles. The van der Waals surface area contributed by atoms with E-state index in [1.807, 2.05) is 18.2 Å². The first-order valence-corrected chi connectivity index (χ1v) is 14.2. The summed E-state index contributed by atoms with van der Waals surface area (Å²) in [5.74, 6) is -0.560. The van der Waals surface area contributed by atoms with Gasteiger partial charge in [-0.15, -0.1) is 0 Å². The van der Waals surface area contributed by atoms with Crippen molar-refractivity contribution in [2.75, 3.05) is 37.7 Å². The van der Waals surface area contributed by atoms with Crippen LogP contribution in [0.3, 0.4) is 0 Å². The van der Waals surface area contributed by atoms with E-state index in [0.29, 0.717) is 17.7 Å². The third-order valence-corrected chi connectivity index (χ3v) is 7.36. The fraction of sp³-hybridized carbons (Fsp3) is 0.375. The Hall–Kier alpha value is -4.04. The molecule has 3 aromatic carbocycles. The fourth-order valence-corrected chi connectivity index (χ4v) is 5.17. The molecule has 1 aliphatic rings. The summed E-state index contributed by atoms with van der Waals surface area (Å²) >= 11 is 0. The van der Waals surface area contributed by atoms with Crippen LogP contribution in [0.5, 0.6) is 0 Å². The van der Waals surface area contributed by atoms with Crippen molar-refractivity contribution in [1.82, 2.24) is 9.47 Å². The van der Waals surface area contributed by atoms with Gasteiger partial charge in [0.1, 0.15) is 0 Å². The first-order valence-electron chi connectivity index (χ1n) is 14.2. The number of hydrogen-bond donors (Lipinski definition) is 0. The summed E-state index contributed by atoms with van der Waals surface area (Å²) in [6.07, 6.45) is 3.25. The van der Waals surface area contributed by atoms with Gasteiger partial charge in [0.05, 0.1) is 17.8 Å². The highest BCUT2D eigenvalue weighted by Crippen LogP contribution is 2.28. The number of aromatic nitrogens is 1. The summed E-state index contributed by atoms with van der Waals surface area (Å²) in [4.78, 5) is 29.3. The standard InChI is InChI=1S/C32H37N3O5/c1-2-3-4-8-21-38-32(37)39-24-35-29-16-10-15-28(30(29)40-31(35)36)34-19-17-33(18-20-34)23-25-11-9-14-27(22-25)26-12-6-5-7-13-26/h5-7,9-16,22H,2-4,8,17-21,23-24H2,1H3. The zero-order chi connectivity index (χ0) is 27.7. The lowest BCUT2D eigenvalue weighted by molar-refractivity contribution is 0.0322. The monoisotopic (exact) mass is 543 g/mol. The minimum atomic E-state index is -0.778. The minimum Gasteiger partial charge on any atom is -0.434 e. The van der Waals surface area contributed by atoms with Gasteiger partial charge in [-0.25, -0.2) is 14.2 Å². The van der Waals surface area contributed by atoms with E-state index < -0.39 is 11.9 Å². The third-order valence-electron chi connectivity index (χ3n) is 7.36. The first kappa shape index (κ1) is 27.5. The van der Waals surface area contributed by atoms with E-state index in [-0.39, 0.29) is 6.73 Å². The molecule has 0 amide bonds. The molecule has 8 heteroatoms. The molecule has 0 bridgehead atoms. The number of unbranched alkanes of at least 4 members (excludes halogenated alkanes) is 3. The van der Waals surface area contributed by atoms with Crippen LogP contribution >= 0.6 is 0 Å². The molecule has 0 spiro atoms. The lowest BCUT2D eigenvalue weighted by Gasteiger charge is -2.36. The number of fused-ring (bicyclic) bond motifs is 1. The maximum Gasteiger partial charge on any atom is 0.510 e. The Morgan fingerprint density at radius 1 is 0.850 bits per heavy atom. The van der Waals surface area contributed by atoms with E-state index in [1.54, 1.807) is 6.07 Å². The number of ether oxygens (including phenoxy) is 2. The number of nitrogens with zero attached hydrogens (tertiary/aromatic N) is 3. The average Bonchev–Trinajstić information content (AvgIpc) is 3.32. The molecule has 40 heavy (non-hydrogen) atoms. The number of piperazine rings is 1. The van der Waals surface area contributed by atoms with Crippen LogP contribution < -0.4 is 10.7 Å². The summed E-state index contributed by atoms with van der Waals surface area (Å²) < 4.78 is 17.3. The summed E-state index contributed by atoms with van der Waals surface area (Å²) in [6.45, 7) is 6.49. The van der Waals surface area contributed by atoms with Crippen LogP contribution in [0, 0.1) is 0 Å². The van der Waals surface area contributed by atoms with Gasteiger partial charge in [-0.1, -0.05) is 80.8 Å². The van der Waals surface area contributed by atoms with Gasteiger partial charge >= 0.3 is 11.9 Å². The predicted molar refractivity (Wildman–Crippen MR) is 156 cm³/mol. The Labute approximate surface area is 234 Å². The van der Waals surface area contributed by atoms with Gasteiger partial charge < -0.3 is 18.8 Å². The number of carbonyl (C=O) groups excluding carboxylic acids is 1. The molecule has 0 unspecified atom stereocenters. The highest BCUT2D eigenvalue weighted by Gasteiger charge is 2.22. The van der Waals surface area contributed by atoms with Crippen LogP contribution in [0.25, 0.3) is 22.2 Å². The summed E-state index contributed by atoms with van der Waals surface area (Å²) in [5.41, 5.74) is 5.72. The van der Waals surface area contributed by atoms with Crippen LogP contribution in [0.15, 0.2) is 82.0 Å². The summed E-state index contributed by atoms with van der Waals surface area (Å²) in [7, 11) is 0. The largest absolute Gasteiger partial charge is 0.510 e. The molecule has 1 aliphatic heterocycles. The fourth-order valence-electron chi connectivity index (χ4n) is 5.17. The average molecular weight is 544 g/mol. The quantitative estimate of drug-likeness (QED) is 0.163. The second-order valence-electron chi connectivity index (χ2n) is 10.2. The maximum atomic E-state index is 12.6. The minimum absolute atomic E-state index is 0.251. The second-order valence-corrected chi connectivity index (χ2v) is 10.2. The Morgan fingerprint density at radius 3 is 2.42 bits per heavy atom. The Bertz CT molecular complexity index is 1450. The van der Waals surface area contributed by atoms with Crippen LogP contribution in [-0.4, -0.2) is 48.4 Å². The van der Waals surface area contributed by atoms with Crippen molar-refractivity contribution in [3.8, 4) is 11.1 Å². The molecule has 1 aromatic heterocycles. The number of hydrogen-bond acceptors (Lipinski definition) is 7. The molecule has 4 aromatic rings. The van der Waals surface area contributed by atoms with E-state index in [4.69, 9.17) is 13.9 Å². The smallest absolute Gasteiger partial charge is 0.434 e. The van der Waals surface area contributed by atoms with Gasteiger partial charge in [0.2, 0.25) is 0 Å². The third kappa shape index (κ3) is 6.74. The van der Waals surface area contributed by atoms with Crippen LogP contribution in [0.4, 0.5) is 10.5 Å². The number of benzene rings is 3. The number of rotatable bonds is 11. The molecule has 1 fully saturated rings. The number of carbonyl (C=O) groups is 1. The van der Waals surface area contributed by atoms with Crippen molar-refractivity contribution < 1.29 is 18.7 Å². The van der Waals surface area contributed by atoms with Crippen LogP contribution in [0.2, 0.25) is 0 Å². The molecular weight excluding hydrogens is 506 g/mol. The number of oxazole rings is 1. The predicted octanol–water partition coefficient (Wildman–Crippen LogP) is 6.27. The van der Waals surface area contributed by atoms with E-state index in [1.165, 1.54) is 21.3 Å². The van der Waals surface area contributed by atoms with E-state index in [9.17, 15) is 9.59 Å². The van der Waals surface area contributed by atoms with Gasteiger partial charge in [0.15, 0.2) is 12.3 Å². The molecule has 1 saturated heterocycles. The normalized spacial score (nSPS) is 14.0. The molecule has 0 radical (unpaired) electrons. The molecule has 0 N–H and O–H groups in total. The highest BCUT2D eigenvalue weighted by atomic mass is 16.7. The van der Waals surface area contributed by atoms with Gasteiger partial charge in [-0.2, -0.15) is 0 Å². The van der Waals surface area contributed by atoms with Crippen molar-refractivity contribution in [2.45, 2.75) is 45.9 Å². The number of anilines is 1. The second kappa shape index (κ2) is 13.3. The highest BCUT2D eigenvalue weighted by molar-refractivity contribution is 5.87. The van der Waals surface area contributed by atoms with Gasteiger partial charge in [0, 0.05) is 32.7 Å². The molecule has 8 nitrogen and oxygen atoms in total. The molecule has 2 heterocycles. The summed E-state index contributed by atoms with van der Waals surface area (Å²) in [5, 5.41) is 0. The Balaban J connectivity index is 1.18. The van der Waals surface area contributed by atoms with Crippen molar-refractivity contribution >= 4 is 22.9 Å². The van der Waals surface area contributed by atoms with Gasteiger partial charge in [-0.3, -0.25) is 4.90 Å². The molecular formula is C32H37N3O5. The van der Waals surface area contributed by atoms with E-state index in [2.05, 4.69) is 65.3 Å². The van der Waals surface area contributed by atoms with Gasteiger partial charge in [0.25, 0.3) is 0 Å². The van der Waals surface area contributed by atoms with Crippen molar-refractivity contribution in [1.29, 1.82) is 0 Å². The van der Waals surface area contributed by atoms with Crippen molar-refractivity contribution in [3.05, 3.63) is 88.9 Å². The van der Waals surface area contributed by atoms with Crippen LogP contribution in [-0.2, 0) is 22.7 Å². The lowest BCUT2D eigenvalue weighted by Crippen LogP contribution is -2.46. The SMILES string of the molecule is CCCCCCOC(=O)OCn1c(=O)oc2c(N3CCN(Cc4cccc(-c5ccccc5)c4)CC3)cccc21. The van der Waals surface area contributed by atoms with Gasteiger partial charge in [-0.05, 0) is 41.3 Å². The maximum absolute atomic E-state index is 12.6. The zero-order valence-electron chi connectivity index (χ0n) is 23.1. The molecule has 0 atom stereocenters. The Morgan fingerprint density at radius 2 is 1.62 bits per heavy atom. The lowest BCUT2D eigenvalue weighted by atomic mass is 10.0. The van der Waals surface area contributed by atoms with E-state index >= 15 is 0 Å². The first-order chi connectivity index (χ1) is 19.6. The van der Waals surface area contributed by atoms with Crippen molar-refractivity contribution in [3.63, 3.8) is 0 Å². The number of para-hydroxylation sites is 1. The molecule has 210 valence electrons. The Kier molecular flexibility index (Phi) is 9.18. The van der Waals surface area contributed by atoms with Crippen LogP contribution in [0.1, 0.15) is 38.2 Å².